The fourth-order valence-corrected chi connectivity index (χ4v) is 2.06. The van der Waals surface area contributed by atoms with Crippen LogP contribution in [0.2, 0.25) is 0 Å². The molecule has 0 saturated heterocycles. The first kappa shape index (κ1) is 15.8. The van der Waals surface area contributed by atoms with Crippen molar-refractivity contribution in [3.05, 3.63) is 29.8 Å². The minimum atomic E-state index is -0.512. The Bertz CT molecular complexity index is 403. The summed E-state index contributed by atoms with van der Waals surface area (Å²) in [4.78, 5) is 2.09. The van der Waals surface area contributed by atoms with Gasteiger partial charge in [0.25, 0.3) is 0 Å². The van der Waals surface area contributed by atoms with E-state index >= 15 is 0 Å². The van der Waals surface area contributed by atoms with Crippen LogP contribution in [0, 0.1) is 11.3 Å². The van der Waals surface area contributed by atoms with Crippen molar-refractivity contribution in [2.24, 2.45) is 0 Å². The number of benzene rings is 1. The second-order valence-electron chi connectivity index (χ2n) is 4.36. The van der Waals surface area contributed by atoms with Gasteiger partial charge in [0.2, 0.25) is 0 Å². The molecule has 1 N–H and O–H groups in total. The summed E-state index contributed by atoms with van der Waals surface area (Å²) >= 11 is 1.79. The molecular formula is C14H20N2O2S. The van der Waals surface area contributed by atoms with Crippen molar-refractivity contribution in [3.8, 4) is 11.8 Å². The monoisotopic (exact) mass is 280 g/mol. The van der Waals surface area contributed by atoms with Gasteiger partial charge in [-0.15, -0.1) is 0 Å². The summed E-state index contributed by atoms with van der Waals surface area (Å²) in [6, 6.07) is 8.93. The molecule has 5 heteroatoms. The highest BCUT2D eigenvalue weighted by atomic mass is 32.2. The van der Waals surface area contributed by atoms with Crippen LogP contribution in [0.3, 0.4) is 0 Å². The zero-order valence-corrected chi connectivity index (χ0v) is 12.2. The van der Waals surface area contributed by atoms with Crippen molar-refractivity contribution < 1.29 is 9.84 Å². The van der Waals surface area contributed by atoms with Gasteiger partial charge in [-0.1, -0.05) is 0 Å². The van der Waals surface area contributed by atoms with Gasteiger partial charge >= 0.3 is 0 Å². The third kappa shape index (κ3) is 6.48. The van der Waals surface area contributed by atoms with Crippen molar-refractivity contribution in [3.63, 3.8) is 0 Å². The van der Waals surface area contributed by atoms with Crippen molar-refractivity contribution >= 4 is 11.8 Å². The van der Waals surface area contributed by atoms with Gasteiger partial charge in [-0.05, 0) is 37.6 Å². The molecule has 0 aliphatic rings. The Labute approximate surface area is 119 Å². The van der Waals surface area contributed by atoms with Gasteiger partial charge in [-0.25, -0.2) is 0 Å². The standard InChI is InChI=1S/C14H20N2O2S/c1-16(7-8-19-2)10-13(17)11-18-14-5-3-12(9-15)4-6-14/h3-6,13,17H,7-8,10-11H2,1-2H3. The maximum atomic E-state index is 9.86. The smallest absolute Gasteiger partial charge is 0.119 e. The topological polar surface area (TPSA) is 56.5 Å². The molecule has 1 atom stereocenters. The Morgan fingerprint density at radius 3 is 2.68 bits per heavy atom. The average Bonchev–Trinajstić information content (AvgIpc) is 2.43. The van der Waals surface area contributed by atoms with Crippen molar-refractivity contribution in [2.45, 2.75) is 6.10 Å². The Hall–Kier alpha value is -1.22. The van der Waals surface area contributed by atoms with Crippen molar-refractivity contribution in [1.82, 2.24) is 4.90 Å². The number of thioether (sulfide) groups is 1. The van der Waals surface area contributed by atoms with Gasteiger partial charge in [0.15, 0.2) is 0 Å². The van der Waals surface area contributed by atoms with Crippen molar-refractivity contribution in [2.75, 3.05) is 38.8 Å². The molecule has 19 heavy (non-hydrogen) atoms. The molecule has 0 saturated carbocycles. The fraction of sp³-hybridized carbons (Fsp3) is 0.500. The molecule has 1 aromatic carbocycles. The Morgan fingerprint density at radius 1 is 1.42 bits per heavy atom. The van der Waals surface area contributed by atoms with E-state index in [0.29, 0.717) is 17.9 Å². The zero-order chi connectivity index (χ0) is 14.1. The lowest BCUT2D eigenvalue weighted by atomic mass is 10.2. The fourth-order valence-electron chi connectivity index (χ4n) is 1.57. The van der Waals surface area contributed by atoms with Crippen LogP contribution < -0.4 is 4.74 Å². The second kappa shape index (κ2) is 8.81. The molecule has 0 bridgehead atoms. The summed E-state index contributed by atoms with van der Waals surface area (Å²) in [5.41, 5.74) is 0.602. The molecule has 0 fully saturated rings. The quantitative estimate of drug-likeness (QED) is 0.784. The van der Waals surface area contributed by atoms with E-state index in [1.165, 1.54) is 0 Å². The summed E-state index contributed by atoms with van der Waals surface area (Å²) in [5, 5.41) is 18.5. The molecule has 0 radical (unpaired) electrons. The number of rotatable bonds is 8. The number of ether oxygens (including phenoxy) is 1. The summed E-state index contributed by atoms with van der Waals surface area (Å²) < 4.78 is 5.48. The molecule has 1 aromatic rings. The predicted molar refractivity (Wildman–Crippen MR) is 78.5 cm³/mol. The molecule has 0 aliphatic carbocycles. The van der Waals surface area contributed by atoms with E-state index in [1.54, 1.807) is 36.0 Å². The molecule has 104 valence electrons. The molecule has 1 unspecified atom stereocenters. The largest absolute Gasteiger partial charge is 0.491 e. The summed E-state index contributed by atoms with van der Waals surface area (Å²) in [6.45, 7) is 1.81. The van der Waals surface area contributed by atoms with Gasteiger partial charge in [-0.3, -0.25) is 0 Å². The van der Waals surface area contributed by atoms with E-state index in [9.17, 15) is 5.11 Å². The first-order chi connectivity index (χ1) is 9.15. The molecule has 1 rings (SSSR count). The lowest BCUT2D eigenvalue weighted by molar-refractivity contribution is 0.0781. The highest BCUT2D eigenvalue weighted by Gasteiger charge is 2.08. The van der Waals surface area contributed by atoms with Crippen LogP contribution in [0.15, 0.2) is 24.3 Å². The predicted octanol–water partition coefficient (Wildman–Crippen LogP) is 1.59. The van der Waals surface area contributed by atoms with Gasteiger partial charge in [0, 0.05) is 18.8 Å². The maximum absolute atomic E-state index is 9.86. The highest BCUT2D eigenvalue weighted by molar-refractivity contribution is 7.98. The maximum Gasteiger partial charge on any atom is 0.119 e. The van der Waals surface area contributed by atoms with Crippen LogP contribution >= 0.6 is 11.8 Å². The van der Waals surface area contributed by atoms with Crippen molar-refractivity contribution in [1.29, 1.82) is 5.26 Å². The number of hydrogen-bond donors (Lipinski definition) is 1. The lowest BCUT2D eigenvalue weighted by Crippen LogP contribution is -2.34. The van der Waals surface area contributed by atoms with Crippen LogP contribution in [0.1, 0.15) is 5.56 Å². The second-order valence-corrected chi connectivity index (χ2v) is 5.34. The number of aliphatic hydroxyl groups excluding tert-OH is 1. The average molecular weight is 280 g/mol. The molecule has 0 aliphatic heterocycles. The Balaban J connectivity index is 2.29. The van der Waals surface area contributed by atoms with Crippen LogP contribution in [-0.2, 0) is 0 Å². The van der Waals surface area contributed by atoms with E-state index in [-0.39, 0.29) is 6.61 Å². The van der Waals surface area contributed by atoms with Gasteiger partial charge in [0.05, 0.1) is 11.6 Å². The highest BCUT2D eigenvalue weighted by Crippen LogP contribution is 2.11. The molecular weight excluding hydrogens is 260 g/mol. The van der Waals surface area contributed by atoms with E-state index < -0.39 is 6.10 Å². The van der Waals surface area contributed by atoms with E-state index in [2.05, 4.69) is 17.2 Å². The number of aliphatic hydroxyl groups is 1. The third-order valence-corrected chi connectivity index (χ3v) is 3.22. The summed E-state index contributed by atoms with van der Waals surface area (Å²) in [7, 11) is 1.99. The summed E-state index contributed by atoms with van der Waals surface area (Å²) in [5.74, 6) is 1.73. The zero-order valence-electron chi connectivity index (χ0n) is 11.4. The lowest BCUT2D eigenvalue weighted by Gasteiger charge is -2.20. The molecule has 0 amide bonds. The number of hydrogen-bond acceptors (Lipinski definition) is 5. The van der Waals surface area contributed by atoms with Crippen LogP contribution in [0.5, 0.6) is 5.75 Å². The first-order valence-electron chi connectivity index (χ1n) is 6.14. The van der Waals surface area contributed by atoms with E-state index in [1.807, 2.05) is 7.05 Å². The SMILES string of the molecule is CSCCN(C)CC(O)COc1ccc(C#N)cc1. The minimum absolute atomic E-state index is 0.259. The van der Waals surface area contributed by atoms with Crippen LogP contribution in [0.25, 0.3) is 0 Å². The normalized spacial score (nSPS) is 12.2. The molecule has 4 nitrogen and oxygen atoms in total. The van der Waals surface area contributed by atoms with Gasteiger partial charge < -0.3 is 14.7 Å². The van der Waals surface area contributed by atoms with Crippen LogP contribution in [0.4, 0.5) is 0 Å². The van der Waals surface area contributed by atoms with E-state index in [0.717, 1.165) is 12.3 Å². The molecule has 0 aromatic heterocycles. The minimum Gasteiger partial charge on any atom is -0.491 e. The Morgan fingerprint density at radius 2 is 2.11 bits per heavy atom. The van der Waals surface area contributed by atoms with Gasteiger partial charge in [-0.2, -0.15) is 17.0 Å². The third-order valence-electron chi connectivity index (χ3n) is 2.63. The number of likely N-dealkylation sites (N-methyl/N-ethyl adjacent to an activating group) is 1. The Kier molecular flexibility index (Phi) is 7.34. The molecule has 0 heterocycles. The first-order valence-corrected chi connectivity index (χ1v) is 7.53. The van der Waals surface area contributed by atoms with Crippen LogP contribution in [-0.4, -0.2) is 54.9 Å². The van der Waals surface area contributed by atoms with E-state index in [4.69, 9.17) is 10.00 Å². The number of nitriles is 1. The van der Waals surface area contributed by atoms with Gasteiger partial charge in [0.1, 0.15) is 18.5 Å². The molecule has 0 spiro atoms. The number of nitrogens with zero attached hydrogens (tertiary/aromatic N) is 2. The summed E-state index contributed by atoms with van der Waals surface area (Å²) in [6.07, 6.45) is 1.56.